The van der Waals surface area contributed by atoms with E-state index in [0.717, 1.165) is 11.1 Å². The van der Waals surface area contributed by atoms with Gasteiger partial charge in [0.25, 0.3) is 5.91 Å². The SMILES string of the molecule is CON=C1C[C@@H](C(=O)NC[C@@H](O)c2ccccc2)N(C(=O)c2ccc(-c3ccncc3)cc2)C1. The summed E-state index contributed by atoms with van der Waals surface area (Å²) in [6, 6.07) is 19.4. The molecule has 2 heterocycles. The number of aromatic nitrogens is 1. The molecular weight excluding hydrogens is 432 g/mol. The molecule has 3 aromatic rings. The highest BCUT2D eigenvalue weighted by Crippen LogP contribution is 2.23. The summed E-state index contributed by atoms with van der Waals surface area (Å²) in [5, 5.41) is 17.1. The summed E-state index contributed by atoms with van der Waals surface area (Å²) in [5.74, 6) is -0.621. The van der Waals surface area contributed by atoms with Crippen LogP contribution in [-0.4, -0.2) is 58.8 Å². The molecule has 0 bridgehead atoms. The number of carbonyl (C=O) groups excluding carboxylic acids is 2. The van der Waals surface area contributed by atoms with Gasteiger partial charge in [-0.25, -0.2) is 0 Å². The van der Waals surface area contributed by atoms with Crippen molar-refractivity contribution in [3.8, 4) is 11.1 Å². The maximum atomic E-state index is 13.3. The fourth-order valence-corrected chi connectivity index (χ4v) is 3.97. The van der Waals surface area contributed by atoms with Crippen LogP contribution in [0.2, 0.25) is 0 Å². The van der Waals surface area contributed by atoms with Gasteiger partial charge in [0, 0.05) is 30.9 Å². The molecule has 1 saturated heterocycles. The summed E-state index contributed by atoms with van der Waals surface area (Å²) in [6.07, 6.45) is 2.85. The lowest BCUT2D eigenvalue weighted by Gasteiger charge is -2.24. The van der Waals surface area contributed by atoms with Crippen LogP contribution >= 0.6 is 0 Å². The van der Waals surface area contributed by atoms with Crippen molar-refractivity contribution in [2.24, 2.45) is 5.16 Å². The first-order valence-corrected chi connectivity index (χ1v) is 11.0. The molecule has 4 rings (SSSR count). The van der Waals surface area contributed by atoms with E-state index in [-0.39, 0.29) is 31.3 Å². The average molecular weight is 459 g/mol. The van der Waals surface area contributed by atoms with E-state index in [4.69, 9.17) is 4.84 Å². The maximum absolute atomic E-state index is 13.3. The number of pyridine rings is 1. The number of oxime groups is 1. The zero-order valence-electron chi connectivity index (χ0n) is 18.8. The van der Waals surface area contributed by atoms with Gasteiger partial charge in [0.2, 0.25) is 5.91 Å². The van der Waals surface area contributed by atoms with E-state index in [1.54, 1.807) is 36.7 Å². The highest BCUT2D eigenvalue weighted by atomic mass is 16.6. The summed E-state index contributed by atoms with van der Waals surface area (Å²) in [5.41, 5.74) is 3.75. The minimum absolute atomic E-state index is 0.0404. The number of likely N-dealkylation sites (tertiary alicyclic amines) is 1. The maximum Gasteiger partial charge on any atom is 0.254 e. The highest BCUT2D eigenvalue weighted by molar-refractivity contribution is 6.05. The second-order valence-electron chi connectivity index (χ2n) is 7.98. The molecule has 2 N–H and O–H groups in total. The molecule has 2 amide bonds. The Kier molecular flexibility index (Phi) is 7.29. The zero-order chi connectivity index (χ0) is 23.9. The molecule has 1 aromatic heterocycles. The normalized spacial score (nSPS) is 17.4. The number of benzene rings is 2. The Balaban J connectivity index is 1.47. The smallest absolute Gasteiger partial charge is 0.254 e. The average Bonchev–Trinajstić information content (AvgIpc) is 3.32. The largest absolute Gasteiger partial charge is 0.399 e. The van der Waals surface area contributed by atoms with E-state index in [1.807, 2.05) is 42.5 Å². The highest BCUT2D eigenvalue weighted by Gasteiger charge is 2.38. The van der Waals surface area contributed by atoms with Gasteiger partial charge in [-0.15, -0.1) is 0 Å². The van der Waals surface area contributed by atoms with E-state index in [9.17, 15) is 14.7 Å². The lowest BCUT2D eigenvalue weighted by Crippen LogP contribution is -2.46. The summed E-state index contributed by atoms with van der Waals surface area (Å²) in [7, 11) is 1.43. The van der Waals surface area contributed by atoms with Gasteiger partial charge in [-0.05, 0) is 41.0 Å². The first-order chi connectivity index (χ1) is 16.6. The molecule has 1 aliphatic heterocycles. The number of nitrogens with zero attached hydrogens (tertiary/aromatic N) is 3. The molecular formula is C26H26N4O4. The van der Waals surface area contributed by atoms with Crippen molar-refractivity contribution in [3.63, 3.8) is 0 Å². The van der Waals surface area contributed by atoms with Crippen LogP contribution in [0.25, 0.3) is 11.1 Å². The number of rotatable bonds is 7. The van der Waals surface area contributed by atoms with E-state index in [0.29, 0.717) is 16.8 Å². The van der Waals surface area contributed by atoms with Gasteiger partial charge in [0.1, 0.15) is 13.2 Å². The van der Waals surface area contributed by atoms with Gasteiger partial charge in [-0.3, -0.25) is 14.6 Å². The summed E-state index contributed by atoms with van der Waals surface area (Å²) >= 11 is 0. The van der Waals surface area contributed by atoms with Crippen LogP contribution in [0.3, 0.4) is 0 Å². The second-order valence-corrected chi connectivity index (χ2v) is 7.98. The molecule has 34 heavy (non-hydrogen) atoms. The first-order valence-electron chi connectivity index (χ1n) is 11.0. The fraction of sp³-hybridized carbons (Fsp3) is 0.231. The molecule has 2 aromatic carbocycles. The minimum atomic E-state index is -0.844. The van der Waals surface area contributed by atoms with Crippen LogP contribution < -0.4 is 5.32 Å². The third-order valence-corrected chi connectivity index (χ3v) is 5.74. The third kappa shape index (κ3) is 5.29. The number of hydrogen-bond acceptors (Lipinski definition) is 6. The van der Waals surface area contributed by atoms with Gasteiger partial charge >= 0.3 is 0 Å². The van der Waals surface area contributed by atoms with E-state index in [2.05, 4.69) is 15.5 Å². The third-order valence-electron chi connectivity index (χ3n) is 5.74. The molecule has 174 valence electrons. The van der Waals surface area contributed by atoms with E-state index >= 15 is 0 Å². The van der Waals surface area contributed by atoms with E-state index in [1.165, 1.54) is 12.0 Å². The van der Waals surface area contributed by atoms with Gasteiger partial charge in [-0.2, -0.15) is 0 Å². The van der Waals surface area contributed by atoms with Gasteiger partial charge in [0.15, 0.2) is 0 Å². The summed E-state index contributed by atoms with van der Waals surface area (Å²) in [6.45, 7) is 0.233. The second kappa shape index (κ2) is 10.7. The van der Waals surface area contributed by atoms with Crippen molar-refractivity contribution in [1.82, 2.24) is 15.2 Å². The monoisotopic (exact) mass is 458 g/mol. The Morgan fingerprint density at radius 2 is 1.76 bits per heavy atom. The van der Waals surface area contributed by atoms with Gasteiger partial charge in [-0.1, -0.05) is 47.6 Å². The predicted octanol–water partition coefficient (Wildman–Crippen LogP) is 2.82. The van der Waals surface area contributed by atoms with Crippen molar-refractivity contribution >= 4 is 17.5 Å². The molecule has 0 saturated carbocycles. The van der Waals surface area contributed by atoms with Crippen molar-refractivity contribution < 1.29 is 19.5 Å². The number of nitrogens with one attached hydrogen (secondary N) is 1. The number of carbonyl (C=O) groups is 2. The molecule has 0 spiro atoms. The number of aliphatic hydroxyl groups excluding tert-OH is 1. The fourth-order valence-electron chi connectivity index (χ4n) is 3.97. The lowest BCUT2D eigenvalue weighted by molar-refractivity contribution is -0.125. The molecule has 8 heteroatoms. The molecule has 0 aliphatic carbocycles. The van der Waals surface area contributed by atoms with Crippen molar-refractivity contribution in [2.45, 2.75) is 18.6 Å². The Morgan fingerprint density at radius 3 is 2.44 bits per heavy atom. The van der Waals surface area contributed by atoms with Crippen LogP contribution in [0, 0.1) is 0 Å². The molecule has 0 unspecified atom stereocenters. The van der Waals surface area contributed by atoms with Crippen LogP contribution in [0.15, 0.2) is 84.3 Å². The lowest BCUT2D eigenvalue weighted by atomic mass is 10.0. The number of hydrogen-bond donors (Lipinski definition) is 2. The number of aliphatic hydroxyl groups is 1. The Labute approximate surface area is 197 Å². The summed E-state index contributed by atoms with van der Waals surface area (Å²) < 4.78 is 0. The predicted molar refractivity (Wildman–Crippen MR) is 128 cm³/mol. The summed E-state index contributed by atoms with van der Waals surface area (Å²) in [4.78, 5) is 36.7. The van der Waals surface area contributed by atoms with Crippen LogP contribution in [0.5, 0.6) is 0 Å². The molecule has 1 fully saturated rings. The van der Waals surface area contributed by atoms with Crippen LogP contribution in [0.4, 0.5) is 0 Å². The zero-order valence-corrected chi connectivity index (χ0v) is 18.8. The van der Waals surface area contributed by atoms with Crippen LogP contribution in [0.1, 0.15) is 28.4 Å². The van der Waals surface area contributed by atoms with Crippen molar-refractivity contribution in [3.05, 3.63) is 90.3 Å². The molecule has 8 nitrogen and oxygen atoms in total. The van der Waals surface area contributed by atoms with Crippen molar-refractivity contribution in [2.75, 3.05) is 20.2 Å². The molecule has 1 aliphatic rings. The first kappa shape index (κ1) is 23.1. The topological polar surface area (TPSA) is 104 Å². The standard InChI is InChI=1S/C26H26N4O4/c1-34-29-22-15-23(25(32)28-16-24(31)20-5-3-2-4-6-20)30(17-22)26(33)21-9-7-18(8-10-21)19-11-13-27-14-12-19/h2-14,23-24,31H,15-17H2,1H3,(H,28,32)/t23-,24+/m0/s1. The van der Waals surface area contributed by atoms with Gasteiger partial charge < -0.3 is 20.2 Å². The molecule has 2 atom stereocenters. The van der Waals surface area contributed by atoms with Crippen molar-refractivity contribution in [1.29, 1.82) is 0 Å². The molecule has 0 radical (unpaired) electrons. The van der Waals surface area contributed by atoms with Gasteiger partial charge in [0.05, 0.1) is 18.4 Å². The minimum Gasteiger partial charge on any atom is -0.399 e. The number of amides is 2. The Bertz CT molecular complexity index is 1150. The van der Waals surface area contributed by atoms with Crippen LogP contribution in [-0.2, 0) is 9.63 Å². The van der Waals surface area contributed by atoms with E-state index < -0.39 is 12.1 Å². The Morgan fingerprint density at radius 1 is 1.09 bits per heavy atom. The Hall–Kier alpha value is -4.04. The quantitative estimate of drug-likeness (QED) is 0.530.